The third-order valence-corrected chi connectivity index (χ3v) is 4.41. The van der Waals surface area contributed by atoms with Crippen LogP contribution in [0.1, 0.15) is 39.3 Å². The molecule has 0 aromatic heterocycles. The van der Waals surface area contributed by atoms with Crippen LogP contribution in [0.5, 0.6) is 0 Å². The van der Waals surface area contributed by atoms with E-state index >= 15 is 0 Å². The zero-order valence-corrected chi connectivity index (χ0v) is 13.6. The zero-order valence-electron chi connectivity index (χ0n) is 13.6. The second kappa shape index (κ2) is 6.15. The van der Waals surface area contributed by atoms with E-state index in [1.807, 2.05) is 7.05 Å². The van der Waals surface area contributed by atoms with Gasteiger partial charge in [-0.1, -0.05) is 18.2 Å². The number of hydrogen-bond acceptors (Lipinski definition) is 3. The molecule has 0 radical (unpaired) electrons. The Morgan fingerprint density at radius 3 is 2.20 bits per heavy atom. The van der Waals surface area contributed by atoms with Gasteiger partial charge in [-0.05, 0) is 46.4 Å². The highest BCUT2D eigenvalue weighted by Crippen LogP contribution is 2.28. The van der Waals surface area contributed by atoms with Crippen LogP contribution in [0.3, 0.4) is 0 Å². The third-order valence-electron chi connectivity index (χ3n) is 4.41. The summed E-state index contributed by atoms with van der Waals surface area (Å²) >= 11 is 0. The molecule has 0 spiro atoms. The first-order valence-corrected chi connectivity index (χ1v) is 7.69. The van der Waals surface area contributed by atoms with Crippen molar-refractivity contribution in [1.29, 1.82) is 0 Å². The molecule has 20 heavy (non-hydrogen) atoms. The average Bonchev–Trinajstić information content (AvgIpc) is 2.45. The van der Waals surface area contributed by atoms with Crippen molar-refractivity contribution in [2.45, 2.75) is 39.3 Å². The minimum absolute atomic E-state index is 0.282. The Labute approximate surface area is 124 Å². The van der Waals surface area contributed by atoms with Gasteiger partial charge in [0.15, 0.2) is 0 Å². The predicted octanol–water partition coefficient (Wildman–Crippen LogP) is 2.89. The van der Waals surface area contributed by atoms with Crippen LogP contribution in [-0.4, -0.2) is 43.7 Å². The Kier molecular flexibility index (Phi) is 4.71. The number of anilines is 1. The number of hydrogen-bond donors (Lipinski definition) is 1. The Morgan fingerprint density at radius 2 is 1.65 bits per heavy atom. The van der Waals surface area contributed by atoms with E-state index < -0.39 is 0 Å². The molecule has 1 unspecified atom stereocenters. The number of nitrogens with zero attached hydrogens (tertiary/aromatic N) is 2. The zero-order chi connectivity index (χ0) is 14.8. The molecule has 1 fully saturated rings. The first-order chi connectivity index (χ1) is 9.43. The fourth-order valence-corrected chi connectivity index (χ4v) is 2.92. The molecular weight excluding hydrogens is 246 g/mol. The summed E-state index contributed by atoms with van der Waals surface area (Å²) in [7, 11) is 2.03. The van der Waals surface area contributed by atoms with Crippen LogP contribution in [0.15, 0.2) is 24.3 Å². The molecule has 1 saturated heterocycles. The van der Waals surface area contributed by atoms with Gasteiger partial charge in [-0.15, -0.1) is 0 Å². The quantitative estimate of drug-likeness (QED) is 0.915. The lowest BCUT2D eigenvalue weighted by molar-refractivity contribution is 0.128. The van der Waals surface area contributed by atoms with E-state index in [1.54, 1.807) is 0 Å². The minimum atomic E-state index is 0.282. The fourth-order valence-electron chi connectivity index (χ4n) is 2.92. The van der Waals surface area contributed by atoms with E-state index in [0.29, 0.717) is 6.04 Å². The van der Waals surface area contributed by atoms with E-state index in [2.05, 4.69) is 67.1 Å². The van der Waals surface area contributed by atoms with Gasteiger partial charge >= 0.3 is 0 Å². The first kappa shape index (κ1) is 15.3. The average molecular weight is 275 g/mol. The number of para-hydroxylation sites is 1. The summed E-state index contributed by atoms with van der Waals surface area (Å²) < 4.78 is 0. The van der Waals surface area contributed by atoms with Crippen molar-refractivity contribution in [3.05, 3.63) is 29.8 Å². The lowest BCUT2D eigenvalue weighted by Gasteiger charge is -2.43. The van der Waals surface area contributed by atoms with Gasteiger partial charge < -0.3 is 10.2 Å². The predicted molar refractivity (Wildman–Crippen MR) is 87.5 cm³/mol. The summed E-state index contributed by atoms with van der Waals surface area (Å²) in [6.07, 6.45) is 0. The summed E-state index contributed by atoms with van der Waals surface area (Å²) in [5.41, 5.74) is 3.08. The SMILES string of the molecule is CNC(C)c1ccccc1N1CCN(C(C)(C)C)CC1. The summed E-state index contributed by atoms with van der Waals surface area (Å²) in [6, 6.07) is 9.18. The topological polar surface area (TPSA) is 18.5 Å². The number of piperazine rings is 1. The Hall–Kier alpha value is -1.06. The summed E-state index contributed by atoms with van der Waals surface area (Å²) in [6.45, 7) is 13.7. The van der Waals surface area contributed by atoms with Crippen molar-refractivity contribution in [2.75, 3.05) is 38.1 Å². The van der Waals surface area contributed by atoms with Gasteiger partial charge in [0.05, 0.1) is 0 Å². The lowest BCUT2D eigenvalue weighted by Crippen LogP contribution is -2.53. The van der Waals surface area contributed by atoms with Gasteiger partial charge in [0.1, 0.15) is 0 Å². The molecule has 1 aromatic rings. The normalized spacial score (nSPS) is 19.1. The number of benzene rings is 1. The van der Waals surface area contributed by atoms with Gasteiger partial charge in [-0.25, -0.2) is 0 Å². The molecule has 1 atom stereocenters. The van der Waals surface area contributed by atoms with Crippen molar-refractivity contribution < 1.29 is 0 Å². The van der Waals surface area contributed by atoms with E-state index in [1.165, 1.54) is 11.3 Å². The van der Waals surface area contributed by atoms with E-state index in [4.69, 9.17) is 0 Å². The monoisotopic (exact) mass is 275 g/mol. The van der Waals surface area contributed by atoms with Crippen LogP contribution >= 0.6 is 0 Å². The minimum Gasteiger partial charge on any atom is -0.369 e. The van der Waals surface area contributed by atoms with Crippen molar-refractivity contribution >= 4 is 5.69 Å². The van der Waals surface area contributed by atoms with E-state index in [-0.39, 0.29) is 5.54 Å². The number of rotatable bonds is 3. The van der Waals surface area contributed by atoms with E-state index in [9.17, 15) is 0 Å². The standard InChI is InChI=1S/C17H29N3/c1-14(18-5)15-8-6-7-9-16(15)19-10-12-20(13-11-19)17(2,3)4/h6-9,14,18H,10-13H2,1-5H3. The Morgan fingerprint density at radius 1 is 1.05 bits per heavy atom. The molecular formula is C17H29N3. The molecule has 3 nitrogen and oxygen atoms in total. The largest absolute Gasteiger partial charge is 0.369 e. The maximum atomic E-state index is 3.36. The van der Waals surface area contributed by atoms with Crippen LogP contribution in [0.25, 0.3) is 0 Å². The van der Waals surface area contributed by atoms with Crippen molar-refractivity contribution in [3.63, 3.8) is 0 Å². The molecule has 1 aromatic carbocycles. The molecule has 1 aliphatic rings. The summed E-state index contributed by atoms with van der Waals surface area (Å²) in [4.78, 5) is 5.11. The molecule has 112 valence electrons. The Bertz CT molecular complexity index is 428. The molecule has 1 aliphatic heterocycles. The third kappa shape index (κ3) is 3.33. The van der Waals surface area contributed by atoms with E-state index in [0.717, 1.165) is 26.2 Å². The highest BCUT2D eigenvalue weighted by molar-refractivity contribution is 5.55. The molecule has 0 bridgehead atoms. The summed E-state index contributed by atoms with van der Waals surface area (Å²) in [5.74, 6) is 0. The van der Waals surface area contributed by atoms with Gasteiger partial charge in [0, 0.05) is 43.4 Å². The lowest BCUT2D eigenvalue weighted by atomic mass is 10.0. The Balaban J connectivity index is 2.11. The fraction of sp³-hybridized carbons (Fsp3) is 0.647. The highest BCUT2D eigenvalue weighted by atomic mass is 15.3. The van der Waals surface area contributed by atoms with Crippen LogP contribution in [0, 0.1) is 0 Å². The highest BCUT2D eigenvalue weighted by Gasteiger charge is 2.26. The van der Waals surface area contributed by atoms with Gasteiger partial charge in [-0.3, -0.25) is 4.90 Å². The van der Waals surface area contributed by atoms with Gasteiger partial charge in [0.2, 0.25) is 0 Å². The molecule has 1 heterocycles. The second-order valence-electron chi connectivity index (χ2n) is 6.71. The van der Waals surface area contributed by atoms with Crippen molar-refractivity contribution in [3.8, 4) is 0 Å². The second-order valence-corrected chi connectivity index (χ2v) is 6.71. The van der Waals surface area contributed by atoms with Crippen molar-refractivity contribution in [2.24, 2.45) is 0 Å². The molecule has 1 N–H and O–H groups in total. The molecule has 2 rings (SSSR count). The summed E-state index contributed by atoms with van der Waals surface area (Å²) in [5, 5.41) is 3.36. The maximum absolute atomic E-state index is 3.36. The van der Waals surface area contributed by atoms with Gasteiger partial charge in [0.25, 0.3) is 0 Å². The van der Waals surface area contributed by atoms with Crippen molar-refractivity contribution in [1.82, 2.24) is 10.2 Å². The van der Waals surface area contributed by atoms with Gasteiger partial charge in [-0.2, -0.15) is 0 Å². The van der Waals surface area contributed by atoms with Crippen LogP contribution in [0.4, 0.5) is 5.69 Å². The van der Waals surface area contributed by atoms with Crippen LogP contribution in [-0.2, 0) is 0 Å². The molecule has 0 saturated carbocycles. The maximum Gasteiger partial charge on any atom is 0.0415 e. The first-order valence-electron chi connectivity index (χ1n) is 7.69. The van der Waals surface area contributed by atoms with Crippen LogP contribution in [0.2, 0.25) is 0 Å². The van der Waals surface area contributed by atoms with Crippen LogP contribution < -0.4 is 10.2 Å². The number of nitrogens with one attached hydrogen (secondary N) is 1. The molecule has 0 amide bonds. The molecule has 3 heteroatoms. The molecule has 0 aliphatic carbocycles. The smallest absolute Gasteiger partial charge is 0.0415 e.